The van der Waals surface area contributed by atoms with Gasteiger partial charge in [0.1, 0.15) is 12.4 Å². The predicted molar refractivity (Wildman–Crippen MR) is 118 cm³/mol. The van der Waals surface area contributed by atoms with Gasteiger partial charge in [0.2, 0.25) is 0 Å². The second-order valence-electron chi connectivity index (χ2n) is 7.16. The number of hydrogen-bond acceptors (Lipinski definition) is 5. The largest absolute Gasteiger partial charge is 0.490 e. The van der Waals surface area contributed by atoms with Crippen molar-refractivity contribution in [3.05, 3.63) is 35.4 Å². The average molecular weight is 415 g/mol. The lowest BCUT2D eigenvalue weighted by molar-refractivity contribution is 0.287. The summed E-state index contributed by atoms with van der Waals surface area (Å²) in [5.41, 5.74) is 1.19. The van der Waals surface area contributed by atoms with Crippen LogP contribution in [0.15, 0.2) is 23.2 Å². The Morgan fingerprint density at radius 2 is 1.90 bits per heavy atom. The van der Waals surface area contributed by atoms with Gasteiger partial charge in [-0.05, 0) is 57.7 Å². The Hall–Kier alpha value is -2.77. The Labute approximate surface area is 179 Å². The Bertz CT molecular complexity index is 833. The second-order valence-corrected chi connectivity index (χ2v) is 7.16. The molecule has 2 N–H and O–H groups in total. The Balaban J connectivity index is 1.57. The van der Waals surface area contributed by atoms with E-state index in [1.54, 1.807) is 0 Å². The molecule has 164 valence electrons. The fourth-order valence-electron chi connectivity index (χ4n) is 3.55. The van der Waals surface area contributed by atoms with E-state index in [4.69, 9.17) is 14.5 Å². The molecule has 0 aliphatic carbocycles. The number of nitrogens with one attached hydrogen (secondary N) is 2. The van der Waals surface area contributed by atoms with Crippen LogP contribution >= 0.6 is 0 Å². The molecule has 2 aromatic rings. The number of benzene rings is 1. The zero-order chi connectivity index (χ0) is 21.2. The smallest absolute Gasteiger partial charge is 0.191 e. The number of rotatable bonds is 10. The lowest BCUT2D eigenvalue weighted by atomic mass is 10.1. The molecule has 1 aliphatic heterocycles. The van der Waals surface area contributed by atoms with Gasteiger partial charge in [0.05, 0.1) is 13.2 Å². The molecule has 1 aromatic carbocycles. The quantitative estimate of drug-likeness (QED) is 0.459. The first kappa shape index (κ1) is 21.9. The van der Waals surface area contributed by atoms with Crippen molar-refractivity contribution < 1.29 is 9.47 Å². The van der Waals surface area contributed by atoms with Gasteiger partial charge >= 0.3 is 0 Å². The van der Waals surface area contributed by atoms with Crippen molar-refractivity contribution in [3.8, 4) is 11.5 Å². The summed E-state index contributed by atoms with van der Waals surface area (Å²) in [6, 6.07) is 6.13. The molecule has 0 amide bonds. The molecule has 2 heterocycles. The SMILES string of the molecule is CCNC(=NCc1nnc2n1CCCC2)NCCc1ccc(OCC)c(OCC)c1. The summed E-state index contributed by atoms with van der Waals surface area (Å²) in [6.07, 6.45) is 4.26. The summed E-state index contributed by atoms with van der Waals surface area (Å²) in [6.45, 7) is 10.4. The number of fused-ring (bicyclic) bond motifs is 1. The van der Waals surface area contributed by atoms with Crippen LogP contribution in [0, 0.1) is 0 Å². The number of aromatic nitrogens is 3. The molecule has 0 fully saturated rings. The Morgan fingerprint density at radius 3 is 2.70 bits per heavy atom. The van der Waals surface area contributed by atoms with Crippen LogP contribution in [-0.4, -0.2) is 47.0 Å². The van der Waals surface area contributed by atoms with Gasteiger partial charge in [-0.15, -0.1) is 10.2 Å². The summed E-state index contributed by atoms with van der Waals surface area (Å²) in [4.78, 5) is 4.71. The predicted octanol–water partition coefficient (Wildman–Crippen LogP) is 2.71. The first-order valence-corrected chi connectivity index (χ1v) is 11.1. The number of aliphatic imine (C=N–C) groups is 1. The molecule has 3 rings (SSSR count). The van der Waals surface area contributed by atoms with Gasteiger partial charge < -0.3 is 24.7 Å². The summed E-state index contributed by atoms with van der Waals surface area (Å²) < 4.78 is 13.6. The van der Waals surface area contributed by atoms with Crippen LogP contribution in [0.4, 0.5) is 0 Å². The van der Waals surface area contributed by atoms with Crippen molar-refractivity contribution in [1.82, 2.24) is 25.4 Å². The number of ether oxygens (including phenoxy) is 2. The van der Waals surface area contributed by atoms with Crippen molar-refractivity contribution >= 4 is 5.96 Å². The van der Waals surface area contributed by atoms with Gasteiger partial charge in [0.25, 0.3) is 0 Å². The minimum absolute atomic E-state index is 0.528. The monoisotopic (exact) mass is 414 g/mol. The fourth-order valence-corrected chi connectivity index (χ4v) is 3.55. The van der Waals surface area contributed by atoms with Crippen molar-refractivity contribution in [2.24, 2.45) is 4.99 Å². The lowest BCUT2D eigenvalue weighted by Crippen LogP contribution is -2.38. The Kier molecular flexibility index (Phi) is 8.35. The number of hydrogen-bond donors (Lipinski definition) is 2. The molecular weight excluding hydrogens is 380 g/mol. The standard InChI is InChI=1S/C22H34N6O2/c1-4-23-22(25-16-21-27-26-20-9-7-8-14-28(20)21)24-13-12-17-10-11-18(29-5-2)19(15-17)30-6-3/h10-11,15H,4-9,12-14,16H2,1-3H3,(H2,23,24,25). The van der Waals surface area contributed by atoms with E-state index in [2.05, 4.69) is 44.5 Å². The first-order valence-electron chi connectivity index (χ1n) is 11.1. The molecule has 8 heteroatoms. The van der Waals surface area contributed by atoms with Crippen LogP contribution in [0.1, 0.15) is 50.8 Å². The molecule has 0 unspecified atom stereocenters. The molecule has 8 nitrogen and oxygen atoms in total. The van der Waals surface area contributed by atoms with Crippen LogP contribution in [0.5, 0.6) is 11.5 Å². The molecule has 0 radical (unpaired) electrons. The van der Waals surface area contributed by atoms with E-state index >= 15 is 0 Å². The highest BCUT2D eigenvalue weighted by atomic mass is 16.5. The van der Waals surface area contributed by atoms with E-state index in [0.717, 1.165) is 61.6 Å². The van der Waals surface area contributed by atoms with E-state index in [9.17, 15) is 0 Å². The maximum Gasteiger partial charge on any atom is 0.191 e. The van der Waals surface area contributed by atoms with Gasteiger partial charge in [-0.1, -0.05) is 6.07 Å². The molecule has 0 bridgehead atoms. The van der Waals surface area contributed by atoms with E-state index in [1.807, 2.05) is 19.9 Å². The summed E-state index contributed by atoms with van der Waals surface area (Å²) in [7, 11) is 0. The van der Waals surface area contributed by atoms with Crippen LogP contribution < -0.4 is 20.1 Å². The summed E-state index contributed by atoms with van der Waals surface area (Å²) >= 11 is 0. The van der Waals surface area contributed by atoms with Crippen LogP contribution in [0.3, 0.4) is 0 Å². The minimum Gasteiger partial charge on any atom is -0.490 e. The molecule has 1 aromatic heterocycles. The van der Waals surface area contributed by atoms with Crippen LogP contribution in [0.25, 0.3) is 0 Å². The zero-order valence-electron chi connectivity index (χ0n) is 18.4. The third-order valence-corrected chi connectivity index (χ3v) is 4.97. The molecular formula is C22H34N6O2. The molecule has 1 aliphatic rings. The van der Waals surface area contributed by atoms with Crippen molar-refractivity contribution in [1.29, 1.82) is 0 Å². The molecule has 0 saturated carbocycles. The van der Waals surface area contributed by atoms with E-state index in [1.165, 1.54) is 18.4 Å². The van der Waals surface area contributed by atoms with Gasteiger partial charge in [-0.2, -0.15) is 0 Å². The number of nitrogens with zero attached hydrogens (tertiary/aromatic N) is 4. The highest BCUT2D eigenvalue weighted by molar-refractivity contribution is 5.79. The maximum atomic E-state index is 5.72. The van der Waals surface area contributed by atoms with Crippen molar-refractivity contribution in [3.63, 3.8) is 0 Å². The summed E-state index contributed by atoms with van der Waals surface area (Å²) in [5.74, 6) is 4.41. The molecule has 0 atom stereocenters. The first-order chi connectivity index (χ1) is 14.7. The van der Waals surface area contributed by atoms with Gasteiger partial charge in [-0.25, -0.2) is 4.99 Å². The normalized spacial score (nSPS) is 13.6. The van der Waals surface area contributed by atoms with Crippen LogP contribution in [-0.2, 0) is 25.9 Å². The van der Waals surface area contributed by atoms with Crippen molar-refractivity contribution in [2.75, 3.05) is 26.3 Å². The topological polar surface area (TPSA) is 85.6 Å². The minimum atomic E-state index is 0.528. The van der Waals surface area contributed by atoms with Gasteiger partial charge in [-0.3, -0.25) is 0 Å². The summed E-state index contributed by atoms with van der Waals surface area (Å²) in [5, 5.41) is 15.4. The van der Waals surface area contributed by atoms with Gasteiger partial charge in [0.15, 0.2) is 23.3 Å². The highest BCUT2D eigenvalue weighted by Gasteiger charge is 2.15. The Morgan fingerprint density at radius 1 is 1.07 bits per heavy atom. The lowest BCUT2D eigenvalue weighted by Gasteiger charge is -2.15. The average Bonchev–Trinajstić information content (AvgIpc) is 3.17. The van der Waals surface area contributed by atoms with Crippen LogP contribution in [0.2, 0.25) is 0 Å². The van der Waals surface area contributed by atoms with E-state index in [0.29, 0.717) is 19.8 Å². The third kappa shape index (κ3) is 5.87. The third-order valence-electron chi connectivity index (χ3n) is 4.97. The molecule has 0 saturated heterocycles. The molecule has 30 heavy (non-hydrogen) atoms. The van der Waals surface area contributed by atoms with E-state index in [-0.39, 0.29) is 0 Å². The fraction of sp³-hybridized carbons (Fsp3) is 0.591. The second kappa shape index (κ2) is 11.4. The zero-order valence-corrected chi connectivity index (χ0v) is 18.4. The maximum absolute atomic E-state index is 5.72. The van der Waals surface area contributed by atoms with Crippen molar-refractivity contribution in [2.45, 2.75) is 59.5 Å². The number of aryl methyl sites for hydroxylation is 1. The number of guanidine groups is 1. The highest BCUT2D eigenvalue weighted by Crippen LogP contribution is 2.28. The molecule has 0 spiro atoms. The van der Waals surface area contributed by atoms with Gasteiger partial charge in [0, 0.05) is 26.1 Å². The van der Waals surface area contributed by atoms with E-state index < -0.39 is 0 Å².